The predicted octanol–water partition coefficient (Wildman–Crippen LogP) is 9.25. The highest BCUT2D eigenvalue weighted by molar-refractivity contribution is 6.41. The Labute approximate surface area is 263 Å². The fourth-order valence-corrected chi connectivity index (χ4v) is 9.44. The van der Waals surface area contributed by atoms with Gasteiger partial charge in [0, 0.05) is 30.2 Å². The Hall–Kier alpha value is -1.52. The Kier molecular flexibility index (Phi) is 14.2. The molecule has 0 spiro atoms. The highest BCUT2D eigenvalue weighted by Crippen LogP contribution is 2.58. The first-order chi connectivity index (χ1) is 21.0. The molecule has 4 rings (SSSR count). The van der Waals surface area contributed by atoms with E-state index >= 15 is 0 Å². The van der Waals surface area contributed by atoms with Gasteiger partial charge < -0.3 is 0 Å². The quantitative estimate of drug-likeness (QED) is 0.0708. The fourth-order valence-electron chi connectivity index (χ4n) is 9.44. The summed E-state index contributed by atoms with van der Waals surface area (Å²) in [5, 5.41) is 0. The van der Waals surface area contributed by atoms with Crippen molar-refractivity contribution in [3.05, 3.63) is 0 Å². The molecular formula is C38H63NO4. The van der Waals surface area contributed by atoms with Crippen LogP contribution in [0.2, 0.25) is 0 Å². The molecule has 4 aliphatic rings. The van der Waals surface area contributed by atoms with Crippen molar-refractivity contribution < 1.29 is 19.2 Å². The van der Waals surface area contributed by atoms with Crippen molar-refractivity contribution in [1.29, 1.82) is 0 Å². The zero-order chi connectivity index (χ0) is 30.6. The molecule has 244 valence electrons. The highest BCUT2D eigenvalue weighted by Gasteiger charge is 2.64. The van der Waals surface area contributed by atoms with E-state index in [0.717, 1.165) is 12.8 Å². The molecule has 0 aromatic rings. The normalized spacial score (nSPS) is 28.9. The number of piperidine rings is 1. The second-order valence-electron chi connectivity index (χ2n) is 14.9. The summed E-state index contributed by atoms with van der Waals surface area (Å²) in [5.74, 6) is -0.970. The summed E-state index contributed by atoms with van der Waals surface area (Å²) in [6.07, 6.45) is 28.5. The van der Waals surface area contributed by atoms with Crippen LogP contribution in [0, 0.1) is 41.4 Å². The second kappa shape index (κ2) is 17.8. The van der Waals surface area contributed by atoms with Crippen LogP contribution in [0.15, 0.2) is 0 Å². The number of rotatable bonds is 22. The number of carbonyl (C=O) groups is 4. The van der Waals surface area contributed by atoms with Gasteiger partial charge in [-0.1, -0.05) is 129 Å². The minimum Gasteiger partial charge on any atom is -0.291 e. The van der Waals surface area contributed by atoms with Gasteiger partial charge in [-0.25, -0.2) is 0 Å². The highest BCUT2D eigenvalue weighted by atomic mass is 16.2. The van der Waals surface area contributed by atoms with E-state index in [0.29, 0.717) is 38.1 Å². The number of nitrogens with zero attached hydrogens (tertiary/aromatic N) is 1. The van der Waals surface area contributed by atoms with Gasteiger partial charge >= 0.3 is 0 Å². The molecule has 0 N–H and O–H groups in total. The van der Waals surface area contributed by atoms with Gasteiger partial charge in [0.2, 0.25) is 23.4 Å². The lowest BCUT2D eigenvalue weighted by molar-refractivity contribution is -0.171. The maximum absolute atomic E-state index is 13.9. The van der Waals surface area contributed by atoms with Crippen molar-refractivity contribution in [3.63, 3.8) is 0 Å². The number of ketones is 2. The van der Waals surface area contributed by atoms with Gasteiger partial charge in [0.05, 0.1) is 0 Å². The molecule has 3 aliphatic carbocycles. The maximum Gasteiger partial charge on any atom is 0.232 e. The van der Waals surface area contributed by atoms with Gasteiger partial charge in [-0.15, -0.1) is 0 Å². The number of amides is 2. The third-order valence-corrected chi connectivity index (χ3v) is 11.8. The van der Waals surface area contributed by atoms with E-state index in [-0.39, 0.29) is 58.9 Å². The maximum atomic E-state index is 13.9. The van der Waals surface area contributed by atoms with Crippen molar-refractivity contribution in [2.24, 2.45) is 41.4 Å². The third-order valence-electron chi connectivity index (χ3n) is 11.8. The van der Waals surface area contributed by atoms with E-state index in [9.17, 15) is 19.2 Å². The summed E-state index contributed by atoms with van der Waals surface area (Å²) in [7, 11) is 0. The molecule has 3 saturated carbocycles. The summed E-state index contributed by atoms with van der Waals surface area (Å²) in [5.41, 5.74) is 0. The third kappa shape index (κ3) is 8.81. The number of unbranched alkanes of at least 4 members (excludes halogenated alkanes) is 16. The Morgan fingerprint density at radius 2 is 0.814 bits per heavy atom. The standard InChI is InChI=1S/C38H63NO4/c1-3-5-7-9-11-13-14-16-18-20-22-28(21-19-17-15-12-10-8-6-4-2)27-39-37(42)31-25-23-29-33-30(36(41)35(29)40)24-26-32(34(31)33)38(39)43/h28-34H,3-27H2,1-2H3. The molecule has 0 bridgehead atoms. The first kappa shape index (κ1) is 34.4. The van der Waals surface area contributed by atoms with E-state index in [4.69, 9.17) is 0 Å². The molecule has 4 fully saturated rings. The van der Waals surface area contributed by atoms with Crippen molar-refractivity contribution in [2.75, 3.05) is 6.54 Å². The minimum atomic E-state index is -0.236. The molecule has 43 heavy (non-hydrogen) atoms. The first-order valence-electron chi connectivity index (χ1n) is 18.9. The average Bonchev–Trinajstić information content (AvgIpc) is 3.26. The Morgan fingerprint density at radius 1 is 0.488 bits per heavy atom. The molecule has 0 radical (unpaired) electrons. The minimum absolute atomic E-state index is 0.0149. The van der Waals surface area contributed by atoms with E-state index in [2.05, 4.69) is 13.8 Å². The summed E-state index contributed by atoms with van der Waals surface area (Å²) >= 11 is 0. The molecule has 1 heterocycles. The molecule has 5 nitrogen and oxygen atoms in total. The van der Waals surface area contributed by atoms with Crippen molar-refractivity contribution >= 4 is 23.4 Å². The van der Waals surface area contributed by atoms with Gasteiger partial charge in [-0.3, -0.25) is 24.1 Å². The molecule has 0 aromatic heterocycles. The van der Waals surface area contributed by atoms with Crippen LogP contribution in [0.25, 0.3) is 0 Å². The number of hydrogen-bond acceptors (Lipinski definition) is 4. The van der Waals surface area contributed by atoms with E-state index in [1.54, 1.807) is 4.90 Å². The van der Waals surface area contributed by atoms with Crippen LogP contribution in [0.1, 0.15) is 168 Å². The largest absolute Gasteiger partial charge is 0.291 e. The van der Waals surface area contributed by atoms with E-state index < -0.39 is 0 Å². The smallest absolute Gasteiger partial charge is 0.232 e. The lowest BCUT2D eigenvalue weighted by Crippen LogP contribution is -2.60. The lowest BCUT2D eigenvalue weighted by atomic mass is 9.54. The molecule has 1 aliphatic heterocycles. The summed E-state index contributed by atoms with van der Waals surface area (Å²) in [6.45, 7) is 5.12. The van der Waals surface area contributed by atoms with Gasteiger partial charge in [0.25, 0.3) is 0 Å². The second-order valence-corrected chi connectivity index (χ2v) is 14.9. The Morgan fingerprint density at radius 3 is 1.21 bits per heavy atom. The zero-order valence-corrected chi connectivity index (χ0v) is 27.8. The topological polar surface area (TPSA) is 71.5 Å². The molecule has 2 amide bonds. The van der Waals surface area contributed by atoms with Crippen LogP contribution in [0.4, 0.5) is 0 Å². The van der Waals surface area contributed by atoms with Crippen LogP contribution < -0.4 is 0 Å². The monoisotopic (exact) mass is 597 g/mol. The van der Waals surface area contributed by atoms with Crippen LogP contribution >= 0.6 is 0 Å². The molecule has 5 unspecified atom stereocenters. The van der Waals surface area contributed by atoms with Gasteiger partial charge in [0.15, 0.2) is 0 Å². The molecular weight excluding hydrogens is 534 g/mol. The van der Waals surface area contributed by atoms with Gasteiger partial charge in [-0.05, 0) is 56.3 Å². The van der Waals surface area contributed by atoms with Crippen LogP contribution in [0.3, 0.4) is 0 Å². The fraction of sp³-hybridized carbons (Fsp3) is 0.895. The summed E-state index contributed by atoms with van der Waals surface area (Å²) in [6, 6.07) is 0. The van der Waals surface area contributed by atoms with Crippen LogP contribution in [0.5, 0.6) is 0 Å². The summed E-state index contributed by atoms with van der Waals surface area (Å²) in [4.78, 5) is 54.9. The number of Topliss-reactive ketones (excluding diaryl/α,β-unsaturated/α-hetero) is 2. The first-order valence-corrected chi connectivity index (χ1v) is 18.9. The van der Waals surface area contributed by atoms with Crippen molar-refractivity contribution in [2.45, 2.75) is 168 Å². The number of hydrogen-bond donors (Lipinski definition) is 0. The number of imide groups is 1. The van der Waals surface area contributed by atoms with Gasteiger partial charge in [-0.2, -0.15) is 0 Å². The van der Waals surface area contributed by atoms with Crippen molar-refractivity contribution in [1.82, 2.24) is 4.90 Å². The van der Waals surface area contributed by atoms with E-state index in [1.807, 2.05) is 0 Å². The molecule has 1 saturated heterocycles. The SMILES string of the molecule is CCCCCCCCCCCCC(CCCCCCCCCC)CN1C(=O)C2CCC3C(=O)C(=O)C4CCC(C1=O)C2C34. The Balaban J connectivity index is 1.29. The summed E-state index contributed by atoms with van der Waals surface area (Å²) < 4.78 is 0. The van der Waals surface area contributed by atoms with Crippen molar-refractivity contribution in [3.8, 4) is 0 Å². The van der Waals surface area contributed by atoms with Crippen LogP contribution in [-0.4, -0.2) is 34.8 Å². The number of carbonyl (C=O) groups excluding carboxylic acids is 4. The molecule has 0 aromatic carbocycles. The van der Waals surface area contributed by atoms with E-state index in [1.165, 1.54) is 116 Å². The van der Waals surface area contributed by atoms with Gasteiger partial charge in [0.1, 0.15) is 0 Å². The molecule has 5 heteroatoms. The predicted molar refractivity (Wildman–Crippen MR) is 173 cm³/mol. The Bertz CT molecular complexity index is 868. The lowest BCUT2D eigenvalue weighted by Gasteiger charge is -2.52. The van der Waals surface area contributed by atoms with Crippen LogP contribution in [-0.2, 0) is 19.2 Å². The zero-order valence-electron chi connectivity index (χ0n) is 27.8. The number of likely N-dealkylation sites (tertiary alicyclic amines) is 1. The average molecular weight is 598 g/mol. The molecule has 5 atom stereocenters.